The summed E-state index contributed by atoms with van der Waals surface area (Å²) in [6, 6.07) is 7.86. The maximum atomic E-state index is 11.0. The minimum Gasteiger partial charge on any atom is -0.494 e. The van der Waals surface area contributed by atoms with Crippen molar-refractivity contribution in [1.29, 1.82) is 0 Å². The molecule has 1 rings (SSSR count). The third-order valence-corrected chi connectivity index (χ3v) is 2.12. The highest BCUT2D eigenvalue weighted by Crippen LogP contribution is 2.11. The van der Waals surface area contributed by atoms with Crippen molar-refractivity contribution in [3.63, 3.8) is 0 Å². The van der Waals surface area contributed by atoms with E-state index in [9.17, 15) is 4.79 Å². The highest BCUT2D eigenvalue weighted by Gasteiger charge is 2.01. The summed E-state index contributed by atoms with van der Waals surface area (Å²) in [5.74, 6) is 0.685. The molecule has 0 aliphatic carbocycles. The van der Waals surface area contributed by atoms with Crippen LogP contribution in [0.5, 0.6) is 5.75 Å². The molecule has 108 valence electrons. The van der Waals surface area contributed by atoms with Crippen molar-refractivity contribution in [3.8, 4) is 5.75 Å². The van der Waals surface area contributed by atoms with Gasteiger partial charge in [0.2, 0.25) is 0 Å². The van der Waals surface area contributed by atoms with Gasteiger partial charge in [-0.2, -0.15) is 0 Å². The zero-order chi connectivity index (χ0) is 14.5. The lowest BCUT2D eigenvalue weighted by Gasteiger charge is -2.06. The lowest BCUT2D eigenvalue weighted by Crippen LogP contribution is -2.06. The Morgan fingerprint density at radius 2 is 1.79 bits per heavy atom. The first kappa shape index (κ1) is 17.4. The molecule has 4 heteroatoms. The second-order valence-electron chi connectivity index (χ2n) is 3.89. The molecule has 0 aliphatic rings. The summed E-state index contributed by atoms with van der Waals surface area (Å²) in [7, 11) is 0. The fourth-order valence-electron chi connectivity index (χ4n) is 1.27. The van der Waals surface area contributed by atoms with Crippen LogP contribution in [-0.2, 0) is 9.53 Å². The number of aryl methyl sites for hydroxylation is 1. The SMILES string of the molecule is CCO.CCOC(=O)CCCOc1ccc(C)cc1. The number of rotatable bonds is 6. The van der Waals surface area contributed by atoms with Gasteiger partial charge >= 0.3 is 5.97 Å². The van der Waals surface area contributed by atoms with Crippen molar-refractivity contribution < 1.29 is 19.4 Å². The van der Waals surface area contributed by atoms with Crippen LogP contribution < -0.4 is 4.74 Å². The first-order chi connectivity index (χ1) is 9.13. The van der Waals surface area contributed by atoms with E-state index in [1.54, 1.807) is 13.8 Å². The number of aliphatic hydroxyl groups excluding tert-OH is 1. The van der Waals surface area contributed by atoms with E-state index in [-0.39, 0.29) is 12.6 Å². The molecule has 1 aromatic carbocycles. The normalized spacial score (nSPS) is 9.26. The highest BCUT2D eigenvalue weighted by molar-refractivity contribution is 5.69. The summed E-state index contributed by atoms with van der Waals surface area (Å²) in [6.07, 6.45) is 1.10. The second kappa shape index (κ2) is 11.5. The molecule has 0 aliphatic heterocycles. The van der Waals surface area contributed by atoms with Crippen molar-refractivity contribution in [2.45, 2.75) is 33.6 Å². The highest BCUT2D eigenvalue weighted by atomic mass is 16.5. The first-order valence-electron chi connectivity index (χ1n) is 6.60. The smallest absolute Gasteiger partial charge is 0.305 e. The van der Waals surface area contributed by atoms with Gasteiger partial charge in [-0.05, 0) is 39.3 Å². The van der Waals surface area contributed by atoms with E-state index < -0.39 is 0 Å². The summed E-state index contributed by atoms with van der Waals surface area (Å²) in [6.45, 7) is 6.75. The molecule has 0 radical (unpaired) electrons. The number of hydrogen-bond acceptors (Lipinski definition) is 4. The number of esters is 1. The van der Waals surface area contributed by atoms with Gasteiger partial charge in [-0.1, -0.05) is 17.7 Å². The van der Waals surface area contributed by atoms with Crippen LogP contribution in [0.4, 0.5) is 0 Å². The van der Waals surface area contributed by atoms with Gasteiger partial charge in [0.25, 0.3) is 0 Å². The van der Waals surface area contributed by atoms with Gasteiger partial charge in [-0.25, -0.2) is 0 Å². The number of aliphatic hydroxyl groups is 1. The van der Waals surface area contributed by atoms with Crippen LogP contribution in [0.1, 0.15) is 32.3 Å². The average Bonchev–Trinajstić information content (AvgIpc) is 2.38. The van der Waals surface area contributed by atoms with E-state index in [1.807, 2.05) is 31.2 Å². The summed E-state index contributed by atoms with van der Waals surface area (Å²) in [5.41, 5.74) is 1.21. The molecule has 0 saturated carbocycles. The van der Waals surface area contributed by atoms with Gasteiger partial charge in [0, 0.05) is 13.0 Å². The topological polar surface area (TPSA) is 55.8 Å². The molecule has 0 heterocycles. The average molecular weight is 268 g/mol. The lowest BCUT2D eigenvalue weighted by atomic mass is 10.2. The van der Waals surface area contributed by atoms with Gasteiger partial charge < -0.3 is 14.6 Å². The molecule has 0 bridgehead atoms. The molecule has 0 spiro atoms. The van der Waals surface area contributed by atoms with Crippen molar-refractivity contribution in [2.24, 2.45) is 0 Å². The zero-order valence-electron chi connectivity index (χ0n) is 12.0. The molecule has 0 saturated heterocycles. The minimum absolute atomic E-state index is 0.157. The largest absolute Gasteiger partial charge is 0.494 e. The molecule has 19 heavy (non-hydrogen) atoms. The molecule has 0 amide bonds. The molecule has 1 N–H and O–H groups in total. The molecule has 0 atom stereocenters. The fourth-order valence-corrected chi connectivity index (χ4v) is 1.27. The van der Waals surface area contributed by atoms with Crippen LogP contribution in [0.25, 0.3) is 0 Å². The summed E-state index contributed by atoms with van der Waals surface area (Å²) in [4.78, 5) is 11.0. The molecule has 1 aromatic rings. The molecule has 0 unspecified atom stereocenters. The van der Waals surface area contributed by atoms with E-state index in [4.69, 9.17) is 14.6 Å². The maximum absolute atomic E-state index is 11.0. The first-order valence-corrected chi connectivity index (χ1v) is 6.60. The fraction of sp³-hybridized carbons (Fsp3) is 0.533. The van der Waals surface area contributed by atoms with Gasteiger partial charge in [-0.3, -0.25) is 4.79 Å². The molecule has 0 aromatic heterocycles. The van der Waals surface area contributed by atoms with Gasteiger partial charge in [0.1, 0.15) is 5.75 Å². The zero-order valence-corrected chi connectivity index (χ0v) is 12.0. The van der Waals surface area contributed by atoms with E-state index in [0.717, 1.165) is 5.75 Å². The minimum atomic E-state index is -0.157. The number of hydrogen-bond donors (Lipinski definition) is 1. The Morgan fingerprint density at radius 1 is 1.21 bits per heavy atom. The maximum Gasteiger partial charge on any atom is 0.305 e. The van der Waals surface area contributed by atoms with E-state index >= 15 is 0 Å². The van der Waals surface area contributed by atoms with Gasteiger partial charge in [0.15, 0.2) is 0 Å². The Morgan fingerprint density at radius 3 is 2.32 bits per heavy atom. The van der Waals surface area contributed by atoms with E-state index in [2.05, 4.69) is 0 Å². The van der Waals surface area contributed by atoms with E-state index in [0.29, 0.717) is 26.1 Å². The Bertz CT molecular complexity index is 333. The van der Waals surface area contributed by atoms with Crippen molar-refractivity contribution in [2.75, 3.05) is 19.8 Å². The number of carbonyl (C=O) groups is 1. The lowest BCUT2D eigenvalue weighted by molar-refractivity contribution is -0.143. The Labute approximate surface area is 115 Å². The Hall–Kier alpha value is -1.55. The Balaban J connectivity index is 0.000000982. The van der Waals surface area contributed by atoms with Crippen molar-refractivity contribution in [1.82, 2.24) is 0 Å². The monoisotopic (exact) mass is 268 g/mol. The molecule has 0 fully saturated rings. The van der Waals surface area contributed by atoms with Crippen molar-refractivity contribution >= 4 is 5.97 Å². The Kier molecular flexibility index (Phi) is 10.6. The summed E-state index contributed by atoms with van der Waals surface area (Å²) < 4.78 is 10.3. The number of carbonyl (C=O) groups excluding carboxylic acids is 1. The van der Waals surface area contributed by atoms with Crippen LogP contribution in [0.3, 0.4) is 0 Å². The third-order valence-electron chi connectivity index (χ3n) is 2.12. The van der Waals surface area contributed by atoms with Crippen LogP contribution >= 0.6 is 0 Å². The molecule has 4 nitrogen and oxygen atoms in total. The number of ether oxygens (including phenoxy) is 2. The standard InChI is InChI=1S/C13H18O3.C2H6O/c1-3-15-13(14)5-4-10-16-12-8-6-11(2)7-9-12;1-2-3/h6-9H,3-5,10H2,1-2H3;3H,2H2,1H3. The summed E-state index contributed by atoms with van der Waals surface area (Å²) in [5, 5.41) is 7.57. The summed E-state index contributed by atoms with van der Waals surface area (Å²) >= 11 is 0. The van der Waals surface area contributed by atoms with Crippen LogP contribution in [-0.4, -0.2) is 30.9 Å². The molecular weight excluding hydrogens is 244 g/mol. The van der Waals surface area contributed by atoms with Gasteiger partial charge in [-0.15, -0.1) is 0 Å². The van der Waals surface area contributed by atoms with Crippen LogP contribution in [0, 0.1) is 6.92 Å². The predicted octanol–water partition coefficient (Wildman–Crippen LogP) is 2.72. The number of benzene rings is 1. The second-order valence-corrected chi connectivity index (χ2v) is 3.89. The van der Waals surface area contributed by atoms with E-state index in [1.165, 1.54) is 5.56 Å². The van der Waals surface area contributed by atoms with Crippen molar-refractivity contribution in [3.05, 3.63) is 29.8 Å². The predicted molar refractivity (Wildman–Crippen MR) is 75.3 cm³/mol. The third kappa shape index (κ3) is 10.1. The van der Waals surface area contributed by atoms with Gasteiger partial charge in [0.05, 0.1) is 13.2 Å². The van der Waals surface area contributed by atoms with Crippen LogP contribution in [0.15, 0.2) is 24.3 Å². The quantitative estimate of drug-likeness (QED) is 0.636. The molecular formula is C15H24O4. The van der Waals surface area contributed by atoms with Crippen LogP contribution in [0.2, 0.25) is 0 Å².